The minimum absolute atomic E-state index is 0. The number of H-pyrrole nitrogens is 1. The van der Waals surface area contributed by atoms with Crippen molar-refractivity contribution < 1.29 is 42.1 Å². The molecule has 173 valence electrons. The molecular weight excluding hydrogens is 627 g/mol. The van der Waals surface area contributed by atoms with Crippen molar-refractivity contribution in [3.8, 4) is 22.6 Å². The van der Waals surface area contributed by atoms with Gasteiger partial charge in [0.1, 0.15) is 0 Å². The van der Waals surface area contributed by atoms with Crippen LogP contribution in [0.2, 0.25) is 0 Å². The fourth-order valence-electron chi connectivity index (χ4n) is 2.43. The van der Waals surface area contributed by atoms with Crippen LogP contribution in [0.25, 0.3) is 22.6 Å². The monoisotopic (exact) mass is 639 g/mol. The Morgan fingerprint density at radius 2 is 1.73 bits per heavy atom. The van der Waals surface area contributed by atoms with Crippen molar-refractivity contribution in [2.75, 3.05) is 0 Å². The van der Waals surface area contributed by atoms with Crippen LogP contribution < -0.4 is 16.2 Å². The van der Waals surface area contributed by atoms with Gasteiger partial charge < -0.3 is 15.0 Å². The third-order valence-electron chi connectivity index (χ3n) is 3.85. The van der Waals surface area contributed by atoms with E-state index in [9.17, 15) is 31.5 Å². The van der Waals surface area contributed by atoms with Crippen LogP contribution in [0.15, 0.2) is 70.5 Å². The van der Waals surface area contributed by atoms with E-state index in [1.54, 1.807) is 24.4 Å². The molecule has 0 saturated carbocycles. The Bertz CT molecular complexity index is 1300. The van der Waals surface area contributed by atoms with E-state index in [2.05, 4.69) is 21.0 Å². The van der Waals surface area contributed by atoms with Gasteiger partial charge in [-0.2, -0.15) is 13.2 Å². The number of hydrogen-bond donors (Lipinski definition) is 1. The second-order valence-electron chi connectivity index (χ2n) is 6.12. The van der Waals surface area contributed by atoms with Gasteiger partial charge in [0.15, 0.2) is 11.2 Å². The number of rotatable bonds is 2. The number of nitrogens with zero attached hydrogens (tertiary/aromatic N) is 3. The van der Waals surface area contributed by atoms with E-state index in [4.69, 9.17) is 0 Å². The molecule has 1 aromatic carbocycles. The van der Waals surface area contributed by atoms with Gasteiger partial charge in [0, 0.05) is 44.1 Å². The first kappa shape index (κ1) is 25.8. The van der Waals surface area contributed by atoms with E-state index in [-0.39, 0.29) is 31.4 Å². The summed E-state index contributed by atoms with van der Waals surface area (Å²) in [6, 6.07) is 12.0. The van der Waals surface area contributed by atoms with E-state index in [0.29, 0.717) is 23.7 Å². The molecular formula is C21H11F5IrN4O2-2. The van der Waals surface area contributed by atoms with E-state index < -0.39 is 34.6 Å². The van der Waals surface area contributed by atoms with Crippen molar-refractivity contribution in [2.45, 2.75) is 6.18 Å². The van der Waals surface area contributed by atoms with Gasteiger partial charge in [-0.1, -0.05) is 29.8 Å². The quantitative estimate of drug-likeness (QED) is 0.268. The predicted octanol–water partition coefficient (Wildman–Crippen LogP) is 3.60. The average Bonchev–Trinajstić information content (AvgIpc) is 2.74. The minimum atomic E-state index is -4.50. The minimum Gasteiger partial charge on any atom is -0.399 e. The van der Waals surface area contributed by atoms with Crippen LogP contribution in [0.5, 0.6) is 0 Å². The molecule has 0 aliphatic carbocycles. The molecule has 0 unspecified atom stereocenters. The first-order valence-corrected chi connectivity index (χ1v) is 8.73. The number of benzene rings is 1. The van der Waals surface area contributed by atoms with Gasteiger partial charge >= 0.3 is 6.18 Å². The molecule has 12 heteroatoms. The Balaban J connectivity index is 0.000000233. The van der Waals surface area contributed by atoms with Gasteiger partial charge in [-0.25, -0.2) is 0 Å². The molecule has 1 radical (unpaired) electrons. The number of aromatic amines is 1. The van der Waals surface area contributed by atoms with Crippen LogP contribution in [0.4, 0.5) is 22.0 Å². The van der Waals surface area contributed by atoms with E-state index in [0.717, 1.165) is 18.2 Å². The fourth-order valence-corrected chi connectivity index (χ4v) is 2.43. The second kappa shape index (κ2) is 10.9. The van der Waals surface area contributed by atoms with Gasteiger partial charge in [-0.3, -0.25) is 23.4 Å². The average molecular weight is 639 g/mol. The van der Waals surface area contributed by atoms with Crippen molar-refractivity contribution in [1.29, 1.82) is 0 Å². The molecule has 0 aliphatic heterocycles. The maximum Gasteiger partial charge on any atom is 0.417 e. The summed E-state index contributed by atoms with van der Waals surface area (Å²) in [5.74, 6) is -1.74. The zero-order valence-electron chi connectivity index (χ0n) is 16.2. The maximum atomic E-state index is 13.3. The number of hydrogen-bond acceptors (Lipinski definition) is 4. The molecule has 0 fully saturated rings. The smallest absolute Gasteiger partial charge is 0.399 e. The largest absolute Gasteiger partial charge is 0.417 e. The summed E-state index contributed by atoms with van der Waals surface area (Å²) >= 11 is 0. The Kier molecular flexibility index (Phi) is 8.49. The van der Waals surface area contributed by atoms with Gasteiger partial charge in [0.2, 0.25) is 0 Å². The molecule has 0 saturated heterocycles. The summed E-state index contributed by atoms with van der Waals surface area (Å²) in [5, 5.41) is 0. The summed E-state index contributed by atoms with van der Waals surface area (Å²) < 4.78 is 62.8. The number of alkyl halides is 3. The van der Waals surface area contributed by atoms with Crippen LogP contribution in [-0.2, 0) is 26.3 Å². The summed E-state index contributed by atoms with van der Waals surface area (Å²) in [6.45, 7) is 0. The number of pyridine rings is 2. The topological polar surface area (TPSA) is 89.8 Å². The Morgan fingerprint density at radius 3 is 2.27 bits per heavy atom. The standard InChI is InChI=1S/C12H5F5N.C9H7N3O2.Ir/c13-8-2-3-9(10(14)5-8)11-4-1-7(6-18-11)12(15,16)17;13-8-5-7(11-9(14)12-8)6-3-1-2-4-10-6;/h1-2,4-6H;1-5H,(H2,11,12,13,14);/q-1;;/p-1. The van der Waals surface area contributed by atoms with Gasteiger partial charge in [0.05, 0.1) is 11.3 Å². The van der Waals surface area contributed by atoms with Crippen LogP contribution in [-0.4, -0.2) is 15.0 Å². The van der Waals surface area contributed by atoms with Gasteiger partial charge in [-0.05, 0) is 29.6 Å². The summed E-state index contributed by atoms with van der Waals surface area (Å²) in [5.41, 5.74) is -1.47. The first-order valence-electron chi connectivity index (χ1n) is 8.73. The molecule has 0 atom stereocenters. The van der Waals surface area contributed by atoms with Gasteiger partial charge in [-0.15, -0.1) is 12.1 Å². The molecule has 1 N–H and O–H groups in total. The van der Waals surface area contributed by atoms with E-state index in [1.807, 2.05) is 4.98 Å². The zero-order chi connectivity index (χ0) is 23.3. The van der Waals surface area contributed by atoms with Crippen LogP contribution in [0, 0.1) is 17.7 Å². The SMILES string of the molecule is Fc1c[c-]c(-c2ccc(C(F)(F)F)cn2)c(F)c1.O=c1cc(-c2ccccn2)[n-]c(=O)[nH]1.[Ir]. The second-order valence-corrected chi connectivity index (χ2v) is 6.12. The Morgan fingerprint density at radius 1 is 0.970 bits per heavy atom. The van der Waals surface area contributed by atoms with Crippen molar-refractivity contribution in [2.24, 2.45) is 0 Å². The van der Waals surface area contributed by atoms with Crippen molar-refractivity contribution in [3.63, 3.8) is 0 Å². The molecule has 6 nitrogen and oxygen atoms in total. The summed E-state index contributed by atoms with van der Waals surface area (Å²) in [4.78, 5) is 35.0. The van der Waals surface area contributed by atoms with Crippen LogP contribution in [0.3, 0.4) is 0 Å². The molecule has 0 aliphatic rings. The molecule has 4 rings (SSSR count). The molecule has 33 heavy (non-hydrogen) atoms. The maximum absolute atomic E-state index is 13.3. The molecule has 0 amide bonds. The van der Waals surface area contributed by atoms with Crippen LogP contribution in [0.1, 0.15) is 5.56 Å². The van der Waals surface area contributed by atoms with Crippen LogP contribution >= 0.6 is 0 Å². The van der Waals surface area contributed by atoms with Crippen molar-refractivity contribution >= 4 is 0 Å². The third kappa shape index (κ3) is 6.99. The number of nitrogens with one attached hydrogen (secondary N) is 1. The molecule has 0 bridgehead atoms. The Hall–Kier alpha value is -3.50. The molecule has 0 spiro atoms. The fraction of sp³-hybridized carbons (Fsp3) is 0.0476. The molecule has 3 heterocycles. The van der Waals surface area contributed by atoms with Crippen molar-refractivity contribution in [1.82, 2.24) is 19.9 Å². The Labute approximate surface area is 195 Å². The van der Waals surface area contributed by atoms with E-state index >= 15 is 0 Å². The third-order valence-corrected chi connectivity index (χ3v) is 3.85. The number of halogens is 5. The van der Waals surface area contributed by atoms with E-state index in [1.165, 1.54) is 6.07 Å². The normalized spacial score (nSPS) is 10.6. The molecule has 3 aromatic heterocycles. The molecule has 4 aromatic rings. The summed E-state index contributed by atoms with van der Waals surface area (Å²) in [6.07, 6.45) is -2.34. The van der Waals surface area contributed by atoms with Gasteiger partial charge in [0.25, 0.3) is 0 Å². The van der Waals surface area contributed by atoms with Crippen molar-refractivity contribution in [3.05, 3.63) is 105 Å². The predicted molar refractivity (Wildman–Crippen MR) is 103 cm³/mol. The first-order chi connectivity index (χ1) is 15.1. The number of aromatic nitrogens is 4. The summed E-state index contributed by atoms with van der Waals surface area (Å²) in [7, 11) is 0. The zero-order valence-corrected chi connectivity index (χ0v) is 18.5.